The van der Waals surface area contributed by atoms with Crippen molar-refractivity contribution in [1.82, 2.24) is 5.32 Å². The topological polar surface area (TPSA) is 32.9 Å². The van der Waals surface area contributed by atoms with Crippen molar-refractivity contribution < 1.29 is 9.32 Å². The molecule has 6 aromatic rings. The fourth-order valence-corrected chi connectivity index (χ4v) is 8.46. The van der Waals surface area contributed by atoms with Crippen LogP contribution in [0.25, 0.3) is 33.1 Å². The smallest absolute Gasteiger partial charge is 0.178 e. The lowest BCUT2D eigenvalue weighted by Gasteiger charge is -2.47. The lowest BCUT2D eigenvalue weighted by atomic mass is 9.90. The summed E-state index contributed by atoms with van der Waals surface area (Å²) in [6.07, 6.45) is 18.6. The maximum Gasteiger partial charge on any atom is 0.178 e. The fourth-order valence-electron chi connectivity index (χ4n) is 8.46. The monoisotopic (exact) mass is 622 g/mol. The van der Waals surface area contributed by atoms with Gasteiger partial charge in [0.1, 0.15) is 16.9 Å². The van der Waals surface area contributed by atoms with Gasteiger partial charge in [-0.3, -0.25) is 4.90 Å². The number of hydrogen-bond acceptors (Lipinski definition) is 3. The zero-order valence-corrected chi connectivity index (χ0v) is 26.6. The van der Waals surface area contributed by atoms with Crippen LogP contribution in [0.3, 0.4) is 0 Å². The molecule has 10 rings (SSSR count). The summed E-state index contributed by atoms with van der Waals surface area (Å²) in [5, 5.41) is 6.29. The third-order valence-corrected chi connectivity index (χ3v) is 10.7. The highest BCUT2D eigenvalue weighted by Gasteiger charge is 2.47. The number of hydrogen-bond donors (Lipinski definition) is 2. The lowest BCUT2D eigenvalue weighted by molar-refractivity contribution is -0.948. The van der Waals surface area contributed by atoms with Crippen molar-refractivity contribution in [3.63, 3.8) is 0 Å². The Morgan fingerprint density at radius 3 is 2.50 bits per heavy atom. The number of fused-ring (bicyclic) bond motifs is 6. The second-order valence-corrected chi connectivity index (χ2v) is 13.4. The number of furan rings is 1. The largest absolute Gasteiger partial charge is 0.455 e. The predicted octanol–water partition coefficient (Wildman–Crippen LogP) is 9.40. The van der Waals surface area contributed by atoms with Crippen LogP contribution in [0.4, 0.5) is 17.1 Å². The number of benzene rings is 5. The van der Waals surface area contributed by atoms with Gasteiger partial charge in [-0.25, -0.2) is 5.32 Å². The number of allylic oxidation sites excluding steroid dienone is 5. The Bertz CT molecular complexity index is 2330. The summed E-state index contributed by atoms with van der Waals surface area (Å²) in [6.45, 7) is 0. The van der Waals surface area contributed by atoms with E-state index in [1.165, 1.54) is 44.2 Å². The Labute approximate surface area is 280 Å². The van der Waals surface area contributed by atoms with Gasteiger partial charge in [0, 0.05) is 44.8 Å². The fraction of sp³-hybridized carbons (Fsp3) is 0.136. The maximum absolute atomic E-state index is 6.47. The molecule has 0 spiro atoms. The van der Waals surface area contributed by atoms with Crippen molar-refractivity contribution in [2.75, 3.05) is 4.90 Å². The molecule has 5 unspecified atom stereocenters. The van der Waals surface area contributed by atoms with E-state index in [0.29, 0.717) is 5.92 Å². The number of nitrogens with one attached hydrogen (secondary N) is 2. The molecule has 1 saturated heterocycles. The van der Waals surface area contributed by atoms with Gasteiger partial charge in [0.15, 0.2) is 12.3 Å². The van der Waals surface area contributed by atoms with Gasteiger partial charge in [-0.15, -0.1) is 0 Å². The minimum atomic E-state index is 0.167. The van der Waals surface area contributed by atoms with Crippen molar-refractivity contribution >= 4 is 39.0 Å². The number of quaternary nitrogens is 1. The Hall–Kier alpha value is -5.42. The maximum atomic E-state index is 6.47. The molecule has 48 heavy (non-hydrogen) atoms. The van der Waals surface area contributed by atoms with E-state index in [1.54, 1.807) is 0 Å². The van der Waals surface area contributed by atoms with Crippen LogP contribution in [0, 0.1) is 0 Å². The van der Waals surface area contributed by atoms with E-state index in [2.05, 4.69) is 162 Å². The van der Waals surface area contributed by atoms with Gasteiger partial charge in [-0.2, -0.15) is 0 Å². The SMILES string of the molecule is C1=CCCC(C2NC(c3cccc(N4c5cc(-c6cccc7c6oc6ccccc67)ccc5C5C=CC=CC54)c3)[NH+]2c2ccccc2)=C1. The molecule has 232 valence electrons. The second-order valence-electron chi connectivity index (χ2n) is 13.4. The lowest BCUT2D eigenvalue weighted by Crippen LogP contribution is -3.23. The van der Waals surface area contributed by atoms with Gasteiger partial charge < -0.3 is 9.32 Å². The summed E-state index contributed by atoms with van der Waals surface area (Å²) in [4.78, 5) is 4.02. The minimum absolute atomic E-state index is 0.167. The number of nitrogens with zero attached hydrogens (tertiary/aromatic N) is 1. The first-order valence-corrected chi connectivity index (χ1v) is 17.1. The summed E-state index contributed by atoms with van der Waals surface area (Å²) in [5.74, 6) is 0.300. The molecule has 5 atom stereocenters. The second kappa shape index (κ2) is 11.1. The molecule has 5 aromatic carbocycles. The summed E-state index contributed by atoms with van der Waals surface area (Å²) < 4.78 is 6.47. The number of rotatable bonds is 5. The van der Waals surface area contributed by atoms with Gasteiger partial charge in [-0.1, -0.05) is 121 Å². The highest BCUT2D eigenvalue weighted by molar-refractivity contribution is 6.09. The van der Waals surface area contributed by atoms with E-state index >= 15 is 0 Å². The first kappa shape index (κ1) is 27.7. The molecule has 2 aliphatic heterocycles. The van der Waals surface area contributed by atoms with Crippen LogP contribution in [0.5, 0.6) is 0 Å². The third kappa shape index (κ3) is 4.30. The molecule has 4 nitrogen and oxygen atoms in total. The average molecular weight is 623 g/mol. The van der Waals surface area contributed by atoms with Crippen LogP contribution < -0.4 is 15.1 Å². The molecule has 4 aliphatic rings. The van der Waals surface area contributed by atoms with Crippen molar-refractivity contribution in [3.05, 3.63) is 174 Å². The van der Waals surface area contributed by atoms with Crippen LogP contribution in [-0.2, 0) is 0 Å². The third-order valence-electron chi connectivity index (χ3n) is 10.7. The zero-order chi connectivity index (χ0) is 31.6. The van der Waals surface area contributed by atoms with Crippen molar-refractivity contribution in [2.45, 2.75) is 37.1 Å². The van der Waals surface area contributed by atoms with E-state index in [1.807, 2.05) is 6.07 Å². The van der Waals surface area contributed by atoms with Crippen LogP contribution in [0.15, 0.2) is 168 Å². The van der Waals surface area contributed by atoms with Crippen LogP contribution in [0.2, 0.25) is 0 Å². The summed E-state index contributed by atoms with van der Waals surface area (Å²) in [6, 6.07) is 42.2. The van der Waals surface area contributed by atoms with Crippen molar-refractivity contribution in [3.8, 4) is 11.1 Å². The van der Waals surface area contributed by atoms with E-state index in [4.69, 9.17) is 4.42 Å². The van der Waals surface area contributed by atoms with E-state index in [-0.39, 0.29) is 18.4 Å². The molecule has 2 N–H and O–H groups in total. The van der Waals surface area contributed by atoms with Gasteiger partial charge in [0.05, 0.1) is 6.04 Å². The minimum Gasteiger partial charge on any atom is -0.455 e. The first-order chi connectivity index (χ1) is 23.8. The zero-order valence-electron chi connectivity index (χ0n) is 26.6. The molecule has 3 heterocycles. The Kier molecular flexibility index (Phi) is 6.39. The van der Waals surface area contributed by atoms with Crippen molar-refractivity contribution in [1.29, 1.82) is 0 Å². The molecule has 0 saturated carbocycles. The molecule has 0 bridgehead atoms. The highest BCUT2D eigenvalue weighted by atomic mass is 16.3. The summed E-state index contributed by atoms with van der Waals surface area (Å²) in [5.41, 5.74) is 12.1. The van der Waals surface area contributed by atoms with Gasteiger partial charge >= 0.3 is 0 Å². The van der Waals surface area contributed by atoms with Gasteiger partial charge in [-0.05, 0) is 60.4 Å². The van der Waals surface area contributed by atoms with Crippen LogP contribution >= 0.6 is 0 Å². The van der Waals surface area contributed by atoms with Gasteiger partial charge in [0.2, 0.25) is 0 Å². The van der Waals surface area contributed by atoms with Crippen LogP contribution in [0.1, 0.15) is 36.1 Å². The molecule has 1 fully saturated rings. The molecule has 4 heteroatoms. The summed E-state index contributed by atoms with van der Waals surface area (Å²) >= 11 is 0. The molecule has 1 aromatic heterocycles. The summed E-state index contributed by atoms with van der Waals surface area (Å²) in [7, 11) is 0. The first-order valence-electron chi connectivity index (χ1n) is 17.1. The van der Waals surface area contributed by atoms with Crippen LogP contribution in [-0.4, -0.2) is 12.2 Å². The highest BCUT2D eigenvalue weighted by Crippen LogP contribution is 2.50. The van der Waals surface area contributed by atoms with Gasteiger partial charge in [0.25, 0.3) is 0 Å². The van der Waals surface area contributed by atoms with E-state index in [0.717, 1.165) is 40.3 Å². The Morgan fingerprint density at radius 1 is 0.729 bits per heavy atom. The standard InChI is InChI=1S/C44H35N3O/c1-3-13-29(14-4-1)43-45-44(47(43)32-16-5-2-6-17-32)31-15-11-18-33(27-31)46-39-23-9-7-19-35(39)36-26-25-30(28-40(36)46)34-21-12-22-38-37-20-8-10-24-41(37)48-42(34)38/h1-3,5-13,15-28,35,39,43-45H,4,14H2/p+1. The van der Waals surface area contributed by atoms with E-state index in [9.17, 15) is 0 Å². The molecular weight excluding hydrogens is 587 g/mol. The molecule has 0 amide bonds. The Morgan fingerprint density at radius 2 is 1.58 bits per heavy atom. The quantitative estimate of drug-likeness (QED) is 0.201. The molecule has 0 radical (unpaired) electrons. The normalized spacial score (nSPS) is 24.0. The Balaban J connectivity index is 1.06. The molecular formula is C44H36N3O+. The number of anilines is 2. The average Bonchev–Trinajstić information content (AvgIpc) is 3.68. The molecule has 2 aliphatic carbocycles. The number of para-hydroxylation sites is 3. The van der Waals surface area contributed by atoms with Crippen molar-refractivity contribution in [2.24, 2.45) is 0 Å². The van der Waals surface area contributed by atoms with E-state index < -0.39 is 0 Å². The predicted molar refractivity (Wildman–Crippen MR) is 196 cm³/mol.